The Bertz CT molecular complexity index is 863. The molecule has 0 atom stereocenters. The van der Waals surface area contributed by atoms with E-state index in [1.165, 1.54) is 0 Å². The van der Waals surface area contributed by atoms with Crippen LogP contribution in [0.2, 0.25) is 0 Å². The van der Waals surface area contributed by atoms with Crippen LogP contribution in [0.25, 0.3) is 0 Å². The van der Waals surface area contributed by atoms with Gasteiger partial charge in [0.1, 0.15) is 0 Å². The predicted octanol–water partition coefficient (Wildman–Crippen LogP) is 3.06. The van der Waals surface area contributed by atoms with Gasteiger partial charge in [0.15, 0.2) is 0 Å². The Labute approximate surface area is 147 Å². The lowest BCUT2D eigenvalue weighted by atomic mass is 10.2. The SMILES string of the molecule is N#Cc1ccc(P(c2ccc(C#N)cc2)c2ccc(C#N)cc2)cc1. The van der Waals surface area contributed by atoms with Crippen LogP contribution in [0.1, 0.15) is 16.7 Å². The largest absolute Gasteiger partial charge is 0.192 e. The molecule has 3 nitrogen and oxygen atoms in total. The third kappa shape index (κ3) is 3.57. The first kappa shape index (κ1) is 16.4. The molecule has 0 spiro atoms. The quantitative estimate of drug-likeness (QED) is 0.690. The van der Waals surface area contributed by atoms with Gasteiger partial charge in [0, 0.05) is 0 Å². The van der Waals surface area contributed by atoms with Gasteiger partial charge in [-0.1, -0.05) is 36.4 Å². The minimum Gasteiger partial charge on any atom is -0.192 e. The molecule has 0 heterocycles. The van der Waals surface area contributed by atoms with Crippen LogP contribution >= 0.6 is 7.92 Å². The summed E-state index contributed by atoms with van der Waals surface area (Å²) in [7, 11) is -0.826. The number of hydrogen-bond acceptors (Lipinski definition) is 3. The fraction of sp³-hybridized carbons (Fsp3) is 0. The number of nitriles is 3. The lowest BCUT2D eigenvalue weighted by molar-refractivity contribution is 1.49. The lowest BCUT2D eigenvalue weighted by Crippen LogP contribution is -2.20. The smallest absolute Gasteiger partial charge is 0.0991 e. The van der Waals surface area contributed by atoms with Gasteiger partial charge in [-0.05, 0) is 60.2 Å². The minimum absolute atomic E-state index is 0.623. The Balaban J connectivity index is 2.10. The Morgan fingerprint density at radius 1 is 0.440 bits per heavy atom. The second kappa shape index (κ2) is 7.42. The molecular formula is C21H12N3P. The van der Waals surface area contributed by atoms with Crippen molar-refractivity contribution < 1.29 is 0 Å². The third-order valence-electron chi connectivity index (χ3n) is 3.76. The van der Waals surface area contributed by atoms with Gasteiger partial charge in [-0.15, -0.1) is 0 Å². The molecule has 3 aromatic rings. The average Bonchev–Trinajstić information content (AvgIpc) is 2.70. The lowest BCUT2D eigenvalue weighted by Gasteiger charge is -2.19. The van der Waals surface area contributed by atoms with Crippen molar-refractivity contribution in [2.24, 2.45) is 0 Å². The second-order valence-corrected chi connectivity index (χ2v) is 7.53. The monoisotopic (exact) mass is 337 g/mol. The van der Waals surface area contributed by atoms with Crippen LogP contribution in [0.15, 0.2) is 72.8 Å². The molecule has 3 rings (SSSR count). The fourth-order valence-corrected chi connectivity index (χ4v) is 4.74. The molecule has 0 aromatic heterocycles. The predicted molar refractivity (Wildman–Crippen MR) is 99.3 cm³/mol. The first-order chi connectivity index (χ1) is 12.2. The molecule has 0 radical (unpaired) electrons. The summed E-state index contributed by atoms with van der Waals surface area (Å²) in [6, 6.07) is 29.2. The van der Waals surface area contributed by atoms with Crippen molar-refractivity contribution in [1.29, 1.82) is 15.8 Å². The second-order valence-electron chi connectivity index (χ2n) is 5.31. The Morgan fingerprint density at radius 3 is 0.880 bits per heavy atom. The van der Waals surface area contributed by atoms with Gasteiger partial charge in [-0.3, -0.25) is 0 Å². The molecule has 116 valence electrons. The first-order valence-electron chi connectivity index (χ1n) is 7.56. The molecule has 0 saturated heterocycles. The number of benzene rings is 3. The summed E-state index contributed by atoms with van der Waals surface area (Å²) in [6.45, 7) is 0. The average molecular weight is 337 g/mol. The van der Waals surface area contributed by atoms with Gasteiger partial charge >= 0.3 is 0 Å². The van der Waals surface area contributed by atoms with Gasteiger partial charge in [-0.25, -0.2) is 0 Å². The van der Waals surface area contributed by atoms with Gasteiger partial charge in [-0.2, -0.15) is 15.8 Å². The van der Waals surface area contributed by atoms with E-state index in [-0.39, 0.29) is 0 Å². The standard InChI is InChI=1S/C21H12N3P/c22-13-16-1-7-19(8-2-16)25(20-9-3-17(14-23)4-10-20)21-11-5-18(15-24)6-12-21/h1-12H. The van der Waals surface area contributed by atoms with E-state index >= 15 is 0 Å². The summed E-state index contributed by atoms with van der Waals surface area (Å²) in [5.74, 6) is 0. The maximum atomic E-state index is 9.01. The molecule has 0 amide bonds. The van der Waals surface area contributed by atoms with E-state index in [0.717, 1.165) is 15.9 Å². The van der Waals surface area contributed by atoms with Gasteiger partial charge in [0.25, 0.3) is 0 Å². The maximum Gasteiger partial charge on any atom is 0.0991 e. The summed E-state index contributed by atoms with van der Waals surface area (Å²) in [6.07, 6.45) is 0. The van der Waals surface area contributed by atoms with Crippen molar-refractivity contribution in [2.75, 3.05) is 0 Å². The molecule has 3 aromatic carbocycles. The molecule has 0 fully saturated rings. The van der Waals surface area contributed by atoms with Crippen LogP contribution in [0.3, 0.4) is 0 Å². The highest BCUT2D eigenvalue weighted by Crippen LogP contribution is 2.33. The molecule has 25 heavy (non-hydrogen) atoms. The summed E-state index contributed by atoms with van der Waals surface area (Å²) in [4.78, 5) is 0. The number of hydrogen-bond donors (Lipinski definition) is 0. The van der Waals surface area contributed by atoms with E-state index in [2.05, 4.69) is 18.2 Å². The van der Waals surface area contributed by atoms with E-state index < -0.39 is 7.92 Å². The van der Waals surface area contributed by atoms with Gasteiger partial charge < -0.3 is 0 Å². The van der Waals surface area contributed by atoms with E-state index in [4.69, 9.17) is 15.8 Å². The Hall–Kier alpha value is -3.44. The van der Waals surface area contributed by atoms with E-state index in [9.17, 15) is 0 Å². The van der Waals surface area contributed by atoms with Crippen molar-refractivity contribution in [3.8, 4) is 18.2 Å². The van der Waals surface area contributed by atoms with E-state index in [0.29, 0.717) is 16.7 Å². The fourth-order valence-electron chi connectivity index (χ4n) is 2.50. The maximum absolute atomic E-state index is 9.01. The molecule has 0 unspecified atom stereocenters. The van der Waals surface area contributed by atoms with Crippen molar-refractivity contribution in [3.63, 3.8) is 0 Å². The number of nitrogens with zero attached hydrogens (tertiary/aromatic N) is 3. The highest BCUT2D eigenvalue weighted by Gasteiger charge is 2.16. The summed E-state index contributed by atoms with van der Waals surface area (Å²) < 4.78 is 0. The van der Waals surface area contributed by atoms with Crippen LogP contribution in [-0.4, -0.2) is 0 Å². The molecule has 0 saturated carbocycles. The van der Waals surface area contributed by atoms with Crippen LogP contribution < -0.4 is 15.9 Å². The van der Waals surface area contributed by atoms with Crippen molar-refractivity contribution in [1.82, 2.24) is 0 Å². The molecule has 0 aliphatic heterocycles. The Morgan fingerprint density at radius 2 is 0.680 bits per heavy atom. The molecular weight excluding hydrogens is 325 g/mol. The van der Waals surface area contributed by atoms with Crippen LogP contribution in [0.4, 0.5) is 0 Å². The topological polar surface area (TPSA) is 71.4 Å². The zero-order chi connectivity index (χ0) is 17.6. The Kier molecular flexibility index (Phi) is 4.87. The van der Waals surface area contributed by atoms with E-state index in [1.54, 1.807) is 0 Å². The van der Waals surface area contributed by atoms with Gasteiger partial charge in [0.05, 0.1) is 34.9 Å². The molecule has 0 aliphatic carbocycles. The van der Waals surface area contributed by atoms with Crippen molar-refractivity contribution in [3.05, 3.63) is 89.5 Å². The van der Waals surface area contributed by atoms with Crippen LogP contribution in [0.5, 0.6) is 0 Å². The summed E-state index contributed by atoms with van der Waals surface area (Å²) >= 11 is 0. The highest BCUT2D eigenvalue weighted by molar-refractivity contribution is 7.79. The third-order valence-corrected chi connectivity index (χ3v) is 6.21. The molecule has 0 aliphatic rings. The normalized spacial score (nSPS) is 9.84. The van der Waals surface area contributed by atoms with Crippen molar-refractivity contribution in [2.45, 2.75) is 0 Å². The summed E-state index contributed by atoms with van der Waals surface area (Å²) in [5.41, 5.74) is 1.87. The van der Waals surface area contributed by atoms with Crippen LogP contribution in [0, 0.1) is 34.0 Å². The molecule has 0 N–H and O–H groups in total. The van der Waals surface area contributed by atoms with Crippen molar-refractivity contribution >= 4 is 23.8 Å². The molecule has 4 heteroatoms. The van der Waals surface area contributed by atoms with Crippen LogP contribution in [-0.2, 0) is 0 Å². The summed E-state index contributed by atoms with van der Waals surface area (Å²) in [5, 5.41) is 30.4. The van der Waals surface area contributed by atoms with E-state index in [1.807, 2.05) is 72.8 Å². The van der Waals surface area contributed by atoms with Gasteiger partial charge in [0.2, 0.25) is 0 Å². The number of rotatable bonds is 3. The first-order valence-corrected chi connectivity index (χ1v) is 8.90. The minimum atomic E-state index is -0.826. The zero-order valence-corrected chi connectivity index (χ0v) is 14.1. The molecule has 0 bridgehead atoms. The highest BCUT2D eigenvalue weighted by atomic mass is 31.1. The zero-order valence-electron chi connectivity index (χ0n) is 13.2.